The maximum atomic E-state index is 13.1. The second-order valence-electron chi connectivity index (χ2n) is 4.99. The van der Waals surface area contributed by atoms with Gasteiger partial charge in [-0.1, -0.05) is 11.6 Å². The molecule has 122 valence electrons. The van der Waals surface area contributed by atoms with E-state index in [1.165, 1.54) is 30.4 Å². The van der Waals surface area contributed by atoms with E-state index < -0.39 is 23.8 Å². The van der Waals surface area contributed by atoms with Crippen LogP contribution in [0.3, 0.4) is 0 Å². The molecule has 0 unspecified atom stereocenters. The number of nitrogens with one attached hydrogen (secondary N) is 1. The number of hydrogen-bond donors (Lipinski definition) is 1. The average Bonchev–Trinajstić information content (AvgIpc) is 2.81. The van der Waals surface area contributed by atoms with E-state index >= 15 is 0 Å². The number of rotatable bonds is 4. The zero-order valence-corrected chi connectivity index (χ0v) is 14.3. The first-order chi connectivity index (χ1) is 10.8. The summed E-state index contributed by atoms with van der Waals surface area (Å²) >= 11 is 7.14. The lowest BCUT2D eigenvalue weighted by Gasteiger charge is -2.13. The first-order valence-corrected chi connectivity index (χ1v) is 8.01. The van der Waals surface area contributed by atoms with Gasteiger partial charge in [0.15, 0.2) is 6.10 Å². The SMILES string of the molecule is Cc1cc(C(=O)O[C@@H](C)C(=O)Nc2ccc(F)c(Cl)c2)c(C)s1. The highest BCUT2D eigenvalue weighted by molar-refractivity contribution is 7.12. The number of thiophene rings is 1. The molecule has 0 aliphatic heterocycles. The molecule has 0 radical (unpaired) electrons. The van der Waals surface area contributed by atoms with Gasteiger partial charge in [-0.3, -0.25) is 4.79 Å². The molecule has 23 heavy (non-hydrogen) atoms. The molecule has 2 rings (SSSR count). The Hall–Kier alpha value is -1.92. The molecule has 0 bridgehead atoms. The van der Waals surface area contributed by atoms with Gasteiger partial charge < -0.3 is 10.1 Å². The van der Waals surface area contributed by atoms with Gasteiger partial charge in [0.05, 0.1) is 10.6 Å². The van der Waals surface area contributed by atoms with Gasteiger partial charge in [-0.2, -0.15) is 0 Å². The molecule has 0 fully saturated rings. The molecule has 0 saturated carbocycles. The number of anilines is 1. The molecule has 0 saturated heterocycles. The van der Waals surface area contributed by atoms with Crippen LogP contribution in [-0.2, 0) is 9.53 Å². The highest BCUT2D eigenvalue weighted by atomic mass is 35.5. The van der Waals surface area contributed by atoms with E-state index in [1.54, 1.807) is 6.07 Å². The van der Waals surface area contributed by atoms with Crippen LogP contribution in [0.2, 0.25) is 5.02 Å². The highest BCUT2D eigenvalue weighted by Gasteiger charge is 2.21. The van der Waals surface area contributed by atoms with Gasteiger partial charge in [-0.05, 0) is 45.0 Å². The van der Waals surface area contributed by atoms with E-state index in [4.69, 9.17) is 16.3 Å². The number of ether oxygens (including phenoxy) is 1. The molecule has 0 spiro atoms. The molecule has 1 aromatic carbocycles. The topological polar surface area (TPSA) is 55.4 Å². The molecule has 4 nitrogen and oxygen atoms in total. The zero-order valence-electron chi connectivity index (χ0n) is 12.8. The van der Waals surface area contributed by atoms with Crippen molar-refractivity contribution in [1.29, 1.82) is 0 Å². The van der Waals surface area contributed by atoms with Gasteiger partial charge >= 0.3 is 5.97 Å². The molecular formula is C16H15ClFNO3S. The predicted octanol–water partition coefficient (Wildman–Crippen LogP) is 4.34. The van der Waals surface area contributed by atoms with Crippen LogP contribution in [0.4, 0.5) is 10.1 Å². The van der Waals surface area contributed by atoms with Crippen molar-refractivity contribution in [3.63, 3.8) is 0 Å². The van der Waals surface area contributed by atoms with Crippen LogP contribution in [0.5, 0.6) is 0 Å². The number of halogens is 2. The van der Waals surface area contributed by atoms with Crippen molar-refractivity contribution in [3.05, 3.63) is 50.4 Å². The fourth-order valence-corrected chi connectivity index (χ4v) is 3.02. The Kier molecular flexibility index (Phi) is 5.38. The summed E-state index contributed by atoms with van der Waals surface area (Å²) in [6.45, 7) is 5.18. The third-order valence-corrected chi connectivity index (χ3v) is 4.36. The Morgan fingerprint density at radius 3 is 2.57 bits per heavy atom. The van der Waals surface area contributed by atoms with Crippen LogP contribution >= 0.6 is 22.9 Å². The van der Waals surface area contributed by atoms with Crippen molar-refractivity contribution in [2.24, 2.45) is 0 Å². The van der Waals surface area contributed by atoms with Crippen molar-refractivity contribution >= 4 is 40.5 Å². The summed E-state index contributed by atoms with van der Waals surface area (Å²) < 4.78 is 18.2. The van der Waals surface area contributed by atoms with Crippen LogP contribution in [0.25, 0.3) is 0 Å². The third kappa shape index (κ3) is 4.30. The monoisotopic (exact) mass is 355 g/mol. The summed E-state index contributed by atoms with van der Waals surface area (Å²) in [6.07, 6.45) is -0.995. The van der Waals surface area contributed by atoms with Crippen LogP contribution < -0.4 is 5.32 Å². The van der Waals surface area contributed by atoms with E-state index in [2.05, 4.69) is 5.32 Å². The summed E-state index contributed by atoms with van der Waals surface area (Å²) in [5.41, 5.74) is 0.781. The lowest BCUT2D eigenvalue weighted by atomic mass is 10.2. The molecule has 0 aliphatic carbocycles. The molecule has 1 aromatic heterocycles. The Bertz CT molecular complexity index is 760. The van der Waals surface area contributed by atoms with Crippen molar-refractivity contribution in [1.82, 2.24) is 0 Å². The van der Waals surface area contributed by atoms with Gasteiger partial charge in [0.2, 0.25) is 0 Å². The fraction of sp³-hybridized carbons (Fsp3) is 0.250. The van der Waals surface area contributed by atoms with E-state index in [-0.39, 0.29) is 5.02 Å². The number of carbonyl (C=O) groups is 2. The fourth-order valence-electron chi connectivity index (χ4n) is 1.93. The predicted molar refractivity (Wildman–Crippen MR) is 88.7 cm³/mol. The smallest absolute Gasteiger partial charge is 0.340 e. The van der Waals surface area contributed by atoms with Crippen LogP contribution in [0.15, 0.2) is 24.3 Å². The quantitative estimate of drug-likeness (QED) is 0.830. The zero-order chi connectivity index (χ0) is 17.1. The van der Waals surface area contributed by atoms with Gasteiger partial charge in [0.1, 0.15) is 5.82 Å². The van der Waals surface area contributed by atoms with E-state index in [1.807, 2.05) is 13.8 Å². The number of esters is 1. The Morgan fingerprint density at radius 1 is 1.30 bits per heavy atom. The summed E-state index contributed by atoms with van der Waals surface area (Å²) in [7, 11) is 0. The van der Waals surface area contributed by atoms with Gasteiger partial charge in [0.25, 0.3) is 5.91 Å². The van der Waals surface area contributed by atoms with E-state index in [9.17, 15) is 14.0 Å². The number of amides is 1. The molecule has 7 heteroatoms. The second kappa shape index (κ2) is 7.10. The van der Waals surface area contributed by atoms with Crippen LogP contribution in [0, 0.1) is 19.7 Å². The Labute approximate surface area is 142 Å². The molecule has 1 N–H and O–H groups in total. The minimum Gasteiger partial charge on any atom is -0.449 e. The number of benzene rings is 1. The van der Waals surface area contributed by atoms with E-state index in [0.29, 0.717) is 11.3 Å². The summed E-state index contributed by atoms with van der Waals surface area (Å²) in [5, 5.41) is 2.42. The maximum absolute atomic E-state index is 13.1. The molecule has 1 atom stereocenters. The lowest BCUT2D eigenvalue weighted by molar-refractivity contribution is -0.123. The summed E-state index contributed by atoms with van der Waals surface area (Å²) in [4.78, 5) is 26.0. The number of aryl methyl sites for hydroxylation is 2. The highest BCUT2D eigenvalue weighted by Crippen LogP contribution is 2.22. The van der Waals surface area contributed by atoms with Crippen molar-refractivity contribution in [3.8, 4) is 0 Å². The van der Waals surface area contributed by atoms with Crippen LogP contribution in [0.1, 0.15) is 27.0 Å². The molecular weight excluding hydrogens is 341 g/mol. The molecule has 2 aromatic rings. The van der Waals surface area contributed by atoms with Crippen molar-refractivity contribution in [2.75, 3.05) is 5.32 Å². The number of carbonyl (C=O) groups excluding carboxylic acids is 2. The molecule has 1 amide bonds. The van der Waals surface area contributed by atoms with Gasteiger partial charge in [-0.15, -0.1) is 11.3 Å². The standard InChI is InChI=1S/C16H15ClFNO3S/c1-8-6-12(10(3)23-8)16(21)22-9(2)15(20)19-11-4-5-14(18)13(17)7-11/h4-7,9H,1-3H3,(H,19,20)/t9-/m0/s1. The summed E-state index contributed by atoms with van der Waals surface area (Å²) in [5.74, 6) is -1.65. The van der Waals surface area contributed by atoms with Gasteiger partial charge in [-0.25, -0.2) is 9.18 Å². The van der Waals surface area contributed by atoms with Crippen molar-refractivity contribution in [2.45, 2.75) is 26.9 Å². The second-order valence-corrected chi connectivity index (χ2v) is 6.86. The largest absolute Gasteiger partial charge is 0.449 e. The summed E-state index contributed by atoms with van der Waals surface area (Å²) in [6, 6.07) is 5.54. The molecule has 0 aliphatic rings. The Balaban J connectivity index is 2.00. The Morgan fingerprint density at radius 2 is 2.00 bits per heavy atom. The minimum atomic E-state index is -0.995. The van der Waals surface area contributed by atoms with E-state index in [0.717, 1.165) is 15.8 Å². The normalized spacial score (nSPS) is 11.9. The van der Waals surface area contributed by atoms with Crippen LogP contribution in [-0.4, -0.2) is 18.0 Å². The maximum Gasteiger partial charge on any atom is 0.340 e. The van der Waals surface area contributed by atoms with Gasteiger partial charge in [0, 0.05) is 15.4 Å². The molecule has 1 heterocycles. The first kappa shape index (κ1) is 17.4. The lowest BCUT2D eigenvalue weighted by Crippen LogP contribution is -2.30. The van der Waals surface area contributed by atoms with Crippen molar-refractivity contribution < 1.29 is 18.7 Å². The minimum absolute atomic E-state index is 0.100. The first-order valence-electron chi connectivity index (χ1n) is 6.82. The average molecular weight is 356 g/mol. The number of hydrogen-bond acceptors (Lipinski definition) is 4. The third-order valence-electron chi connectivity index (χ3n) is 3.10.